The quantitative estimate of drug-likeness (QED) is 0.337. The first kappa shape index (κ1) is 21.9. The SMILES string of the molecule is [C-]#[N+]c1ccc(-c2cccc3c([O-])c(-c4ccc(N5C[C@@H](C)O[C@@H](C)C5)cc4)[n+](C)nc23)cc1. The van der Waals surface area contributed by atoms with Crippen molar-refractivity contribution < 1.29 is 14.5 Å². The monoisotopic (exact) mass is 450 g/mol. The number of hydrogen-bond donors (Lipinski definition) is 0. The third kappa shape index (κ3) is 3.95. The maximum atomic E-state index is 13.6. The summed E-state index contributed by atoms with van der Waals surface area (Å²) in [5.74, 6) is -0.0477. The Morgan fingerprint density at radius 1 is 0.971 bits per heavy atom. The van der Waals surface area contributed by atoms with Gasteiger partial charge in [-0.2, -0.15) is 0 Å². The molecule has 0 N–H and O–H groups in total. The molecule has 3 aromatic carbocycles. The van der Waals surface area contributed by atoms with Gasteiger partial charge in [0.25, 0.3) is 0 Å². The first-order valence-corrected chi connectivity index (χ1v) is 11.4. The van der Waals surface area contributed by atoms with E-state index in [1.807, 2.05) is 49.5 Å². The topological polar surface area (TPSA) is 56.7 Å². The lowest BCUT2D eigenvalue weighted by Gasteiger charge is -2.36. The van der Waals surface area contributed by atoms with E-state index in [4.69, 9.17) is 16.4 Å². The molecule has 1 fully saturated rings. The number of benzene rings is 3. The van der Waals surface area contributed by atoms with Crippen LogP contribution in [0.5, 0.6) is 5.75 Å². The van der Waals surface area contributed by atoms with Gasteiger partial charge in [0.15, 0.2) is 12.7 Å². The van der Waals surface area contributed by atoms with E-state index in [0.29, 0.717) is 22.3 Å². The molecule has 2 heterocycles. The number of hydrogen-bond acceptors (Lipinski definition) is 4. The largest absolute Gasteiger partial charge is 0.867 e. The molecule has 0 aliphatic carbocycles. The maximum absolute atomic E-state index is 13.6. The Kier molecular flexibility index (Phi) is 5.64. The van der Waals surface area contributed by atoms with Crippen molar-refractivity contribution in [2.24, 2.45) is 7.05 Å². The highest BCUT2D eigenvalue weighted by Crippen LogP contribution is 2.35. The summed E-state index contributed by atoms with van der Waals surface area (Å²) in [5, 5.41) is 19.0. The van der Waals surface area contributed by atoms with Crippen LogP contribution >= 0.6 is 0 Å². The van der Waals surface area contributed by atoms with E-state index in [0.717, 1.165) is 35.5 Å². The van der Waals surface area contributed by atoms with E-state index in [9.17, 15) is 5.11 Å². The van der Waals surface area contributed by atoms with Crippen LogP contribution in [0.15, 0.2) is 66.7 Å². The summed E-state index contributed by atoms with van der Waals surface area (Å²) in [7, 11) is 1.81. The smallest absolute Gasteiger partial charge is 0.231 e. The van der Waals surface area contributed by atoms with Gasteiger partial charge in [-0.15, -0.1) is 0 Å². The maximum Gasteiger partial charge on any atom is 0.231 e. The molecule has 6 heteroatoms. The molecule has 0 radical (unpaired) electrons. The van der Waals surface area contributed by atoms with Crippen LogP contribution in [0.1, 0.15) is 13.8 Å². The van der Waals surface area contributed by atoms with Crippen molar-refractivity contribution in [2.45, 2.75) is 26.1 Å². The Labute approximate surface area is 199 Å². The van der Waals surface area contributed by atoms with Crippen LogP contribution < -0.4 is 14.7 Å². The second-order valence-electron chi connectivity index (χ2n) is 8.87. The fourth-order valence-electron chi connectivity index (χ4n) is 4.79. The average molecular weight is 451 g/mol. The Morgan fingerprint density at radius 2 is 1.62 bits per heavy atom. The fourth-order valence-corrected chi connectivity index (χ4v) is 4.79. The number of morpholine rings is 1. The zero-order valence-corrected chi connectivity index (χ0v) is 19.5. The van der Waals surface area contributed by atoms with Crippen molar-refractivity contribution >= 4 is 22.3 Å². The number of anilines is 1. The van der Waals surface area contributed by atoms with Gasteiger partial charge >= 0.3 is 0 Å². The van der Waals surface area contributed by atoms with Crippen LogP contribution in [0.3, 0.4) is 0 Å². The van der Waals surface area contributed by atoms with Gasteiger partial charge in [0.2, 0.25) is 5.69 Å². The van der Waals surface area contributed by atoms with Gasteiger partial charge in [0, 0.05) is 40.4 Å². The number of aryl methyl sites for hydroxylation is 1. The highest BCUT2D eigenvalue weighted by molar-refractivity contribution is 5.98. The molecule has 34 heavy (non-hydrogen) atoms. The second kappa shape index (κ2) is 8.77. The highest BCUT2D eigenvalue weighted by Gasteiger charge is 2.23. The molecule has 0 unspecified atom stereocenters. The molecular weight excluding hydrogens is 424 g/mol. The zero-order chi connectivity index (χ0) is 23.8. The molecule has 4 aromatic rings. The van der Waals surface area contributed by atoms with E-state index >= 15 is 0 Å². The summed E-state index contributed by atoms with van der Waals surface area (Å²) >= 11 is 0. The molecule has 170 valence electrons. The Bertz CT molecular complexity index is 1380. The van der Waals surface area contributed by atoms with E-state index in [2.05, 4.69) is 35.7 Å². The molecule has 0 bridgehead atoms. The van der Waals surface area contributed by atoms with Crippen molar-refractivity contribution in [2.75, 3.05) is 18.0 Å². The van der Waals surface area contributed by atoms with Gasteiger partial charge in [-0.1, -0.05) is 47.1 Å². The van der Waals surface area contributed by atoms with Crippen molar-refractivity contribution in [1.29, 1.82) is 0 Å². The standard InChI is InChI=1S/C28H26N4O2/c1-18-16-32(17-19(2)34-18)23-14-10-21(11-15-23)27-28(33)25-7-5-6-24(26(25)30-31(27)4)20-8-12-22(29-3)13-9-20/h5-15,18-19H,16-17H2,1-2,4H3/t18-,19+. The molecular formula is C28H26N4O2. The number of fused-ring (bicyclic) bond motifs is 1. The summed E-state index contributed by atoms with van der Waals surface area (Å²) in [6, 6.07) is 21.2. The molecule has 2 atom stereocenters. The minimum absolute atomic E-state index is 0.0477. The fraction of sp³-hybridized carbons (Fsp3) is 0.250. The zero-order valence-electron chi connectivity index (χ0n) is 19.5. The van der Waals surface area contributed by atoms with E-state index < -0.39 is 0 Å². The van der Waals surface area contributed by atoms with Crippen molar-refractivity contribution in [1.82, 2.24) is 5.10 Å². The van der Waals surface area contributed by atoms with Gasteiger partial charge < -0.3 is 14.7 Å². The predicted molar refractivity (Wildman–Crippen MR) is 132 cm³/mol. The lowest BCUT2D eigenvalue weighted by molar-refractivity contribution is -0.719. The molecule has 0 saturated carbocycles. The lowest BCUT2D eigenvalue weighted by Crippen LogP contribution is -2.45. The summed E-state index contributed by atoms with van der Waals surface area (Å²) in [4.78, 5) is 5.78. The minimum atomic E-state index is -0.0477. The third-order valence-corrected chi connectivity index (χ3v) is 6.30. The van der Waals surface area contributed by atoms with Gasteiger partial charge in [-0.3, -0.25) is 0 Å². The number of rotatable bonds is 3. The Hall–Kier alpha value is -3.95. The van der Waals surface area contributed by atoms with Gasteiger partial charge in [0.05, 0.1) is 18.8 Å². The summed E-state index contributed by atoms with van der Waals surface area (Å²) in [5.41, 5.74) is 5.56. The van der Waals surface area contributed by atoms with Gasteiger partial charge in [-0.25, -0.2) is 4.85 Å². The summed E-state index contributed by atoms with van der Waals surface area (Å²) < 4.78 is 7.52. The second-order valence-corrected chi connectivity index (χ2v) is 8.87. The van der Waals surface area contributed by atoms with Crippen molar-refractivity contribution in [3.05, 3.63) is 78.1 Å². The molecule has 1 saturated heterocycles. The van der Waals surface area contributed by atoms with Gasteiger partial charge in [0.1, 0.15) is 5.52 Å². The third-order valence-electron chi connectivity index (χ3n) is 6.30. The number of ether oxygens (including phenoxy) is 1. The van der Waals surface area contributed by atoms with E-state index in [1.54, 1.807) is 16.8 Å². The van der Waals surface area contributed by atoms with Crippen LogP contribution in [0.25, 0.3) is 38.1 Å². The molecule has 0 amide bonds. The average Bonchev–Trinajstić information content (AvgIpc) is 2.84. The van der Waals surface area contributed by atoms with Crippen molar-refractivity contribution in [3.63, 3.8) is 0 Å². The molecule has 6 nitrogen and oxygen atoms in total. The first-order chi connectivity index (χ1) is 16.4. The lowest BCUT2D eigenvalue weighted by atomic mass is 10.00. The Balaban J connectivity index is 1.54. The van der Waals surface area contributed by atoms with Crippen LogP contribution in [0, 0.1) is 6.57 Å². The molecule has 1 aliphatic heterocycles. The normalized spacial score (nSPS) is 18.1. The molecule has 1 aliphatic rings. The molecule has 0 spiro atoms. The Morgan fingerprint density at radius 3 is 2.26 bits per heavy atom. The van der Waals surface area contributed by atoms with E-state index in [-0.39, 0.29) is 18.0 Å². The van der Waals surface area contributed by atoms with Crippen LogP contribution in [0.2, 0.25) is 0 Å². The van der Waals surface area contributed by atoms with Crippen LogP contribution in [0.4, 0.5) is 11.4 Å². The molecule has 1 aromatic heterocycles. The highest BCUT2D eigenvalue weighted by atomic mass is 16.5. The number of aromatic nitrogens is 2. The van der Waals surface area contributed by atoms with E-state index in [1.165, 1.54) is 0 Å². The van der Waals surface area contributed by atoms with Crippen LogP contribution in [-0.2, 0) is 11.8 Å². The molecule has 5 rings (SSSR count). The number of nitrogens with zero attached hydrogens (tertiary/aromatic N) is 4. The van der Waals surface area contributed by atoms with Crippen LogP contribution in [-0.4, -0.2) is 30.4 Å². The van der Waals surface area contributed by atoms with Crippen molar-refractivity contribution in [3.8, 4) is 28.1 Å². The predicted octanol–water partition coefficient (Wildman–Crippen LogP) is 4.63. The van der Waals surface area contributed by atoms with Gasteiger partial charge in [-0.05, 0) is 49.4 Å². The summed E-state index contributed by atoms with van der Waals surface area (Å²) in [6.07, 6.45) is 0.372. The summed E-state index contributed by atoms with van der Waals surface area (Å²) in [6.45, 7) is 13.0. The minimum Gasteiger partial charge on any atom is -0.867 e. The first-order valence-electron chi connectivity index (χ1n) is 11.4.